The number of rotatable bonds is 3. The van der Waals surface area contributed by atoms with Gasteiger partial charge in [0.2, 0.25) is 0 Å². The number of hydrogen-bond donors (Lipinski definition) is 3. The molecule has 0 aromatic heterocycles. The van der Waals surface area contributed by atoms with Crippen LogP contribution in [0, 0.1) is 0 Å². The molecule has 5 heteroatoms. The van der Waals surface area contributed by atoms with Crippen molar-refractivity contribution >= 4 is 17.3 Å². The largest absolute Gasteiger partial charge is 0.478 e. The van der Waals surface area contributed by atoms with Gasteiger partial charge in [0.05, 0.1) is 29.6 Å². The molecule has 0 bridgehead atoms. The van der Waals surface area contributed by atoms with Gasteiger partial charge in [0.1, 0.15) is 0 Å². The number of ether oxygens (including phenoxy) is 1. The lowest BCUT2D eigenvalue weighted by Crippen LogP contribution is -2.19. The van der Waals surface area contributed by atoms with Crippen LogP contribution in [0.2, 0.25) is 0 Å². The summed E-state index contributed by atoms with van der Waals surface area (Å²) in [6.07, 6.45) is 0.945. The van der Waals surface area contributed by atoms with Gasteiger partial charge in [-0.15, -0.1) is 0 Å². The van der Waals surface area contributed by atoms with Crippen molar-refractivity contribution in [3.63, 3.8) is 0 Å². The third-order valence-corrected chi connectivity index (χ3v) is 2.59. The van der Waals surface area contributed by atoms with E-state index in [-0.39, 0.29) is 11.6 Å². The molecule has 0 saturated carbocycles. The number of carboxylic acid groups (broad SMARTS) is 1. The van der Waals surface area contributed by atoms with E-state index in [0.29, 0.717) is 12.3 Å². The molecule has 1 aliphatic rings. The first kappa shape index (κ1) is 10.8. The molecule has 0 radical (unpaired) electrons. The van der Waals surface area contributed by atoms with Gasteiger partial charge < -0.3 is 20.9 Å². The zero-order valence-corrected chi connectivity index (χ0v) is 8.77. The minimum Gasteiger partial charge on any atom is -0.478 e. The van der Waals surface area contributed by atoms with Gasteiger partial charge in [-0.05, 0) is 24.6 Å². The average Bonchev–Trinajstić information content (AvgIpc) is 2.73. The second kappa shape index (κ2) is 4.40. The molecule has 1 atom stereocenters. The van der Waals surface area contributed by atoms with Crippen molar-refractivity contribution in [2.75, 3.05) is 24.3 Å². The van der Waals surface area contributed by atoms with Crippen molar-refractivity contribution in [2.45, 2.75) is 12.5 Å². The Labute approximate surface area is 93.2 Å². The van der Waals surface area contributed by atoms with E-state index in [1.807, 2.05) is 0 Å². The predicted molar refractivity (Wildman–Crippen MR) is 60.7 cm³/mol. The summed E-state index contributed by atoms with van der Waals surface area (Å²) < 4.78 is 5.23. The van der Waals surface area contributed by atoms with E-state index in [4.69, 9.17) is 15.6 Å². The Bertz CT molecular complexity index is 400. The van der Waals surface area contributed by atoms with Gasteiger partial charge in [0.15, 0.2) is 0 Å². The Morgan fingerprint density at radius 2 is 2.38 bits per heavy atom. The number of anilines is 2. The number of carbonyl (C=O) groups is 1. The first-order valence-electron chi connectivity index (χ1n) is 5.14. The number of aromatic carboxylic acids is 1. The normalized spacial score (nSPS) is 19.6. The van der Waals surface area contributed by atoms with Crippen molar-refractivity contribution in [1.82, 2.24) is 0 Å². The predicted octanol–water partition coefficient (Wildman–Crippen LogP) is 1.17. The van der Waals surface area contributed by atoms with Crippen LogP contribution in [-0.2, 0) is 4.74 Å². The van der Waals surface area contributed by atoms with Crippen LogP contribution in [0.15, 0.2) is 18.2 Å². The molecule has 1 fully saturated rings. The van der Waals surface area contributed by atoms with E-state index < -0.39 is 5.97 Å². The highest BCUT2D eigenvalue weighted by Crippen LogP contribution is 2.22. The Balaban J connectivity index is 2.12. The van der Waals surface area contributed by atoms with Gasteiger partial charge in [-0.1, -0.05) is 0 Å². The van der Waals surface area contributed by atoms with E-state index in [9.17, 15) is 4.79 Å². The molecule has 2 rings (SSSR count). The molecule has 0 amide bonds. The van der Waals surface area contributed by atoms with Gasteiger partial charge >= 0.3 is 5.97 Å². The monoisotopic (exact) mass is 222 g/mol. The van der Waals surface area contributed by atoms with Gasteiger partial charge in [-0.2, -0.15) is 0 Å². The van der Waals surface area contributed by atoms with Crippen LogP contribution in [0.5, 0.6) is 0 Å². The van der Waals surface area contributed by atoms with Crippen LogP contribution >= 0.6 is 0 Å². The average molecular weight is 222 g/mol. The van der Waals surface area contributed by atoms with Crippen LogP contribution in [0.3, 0.4) is 0 Å². The number of nitrogens with two attached hydrogens (primary N) is 1. The summed E-state index contributed by atoms with van der Waals surface area (Å²) in [7, 11) is 0. The second-order valence-corrected chi connectivity index (χ2v) is 3.81. The maximum Gasteiger partial charge on any atom is 0.335 e. The lowest BCUT2D eigenvalue weighted by atomic mass is 10.1. The maximum atomic E-state index is 10.7. The fourth-order valence-electron chi connectivity index (χ4n) is 1.70. The topological polar surface area (TPSA) is 84.6 Å². The molecule has 1 saturated heterocycles. The first-order chi connectivity index (χ1) is 7.66. The van der Waals surface area contributed by atoms with Crippen LogP contribution < -0.4 is 11.1 Å². The zero-order chi connectivity index (χ0) is 11.5. The van der Waals surface area contributed by atoms with E-state index in [2.05, 4.69) is 5.32 Å². The molecule has 1 unspecified atom stereocenters. The summed E-state index contributed by atoms with van der Waals surface area (Å²) in [5, 5.41) is 12.0. The Hall–Kier alpha value is -1.75. The maximum absolute atomic E-state index is 10.7. The molecule has 1 aromatic carbocycles. The van der Waals surface area contributed by atoms with E-state index in [1.165, 1.54) is 12.1 Å². The fourth-order valence-corrected chi connectivity index (χ4v) is 1.70. The summed E-state index contributed by atoms with van der Waals surface area (Å²) in [6.45, 7) is 1.42. The number of nitrogen functional groups attached to an aromatic ring is 1. The van der Waals surface area contributed by atoms with Gasteiger partial charge in [-0.3, -0.25) is 0 Å². The highest BCUT2D eigenvalue weighted by atomic mass is 16.5. The first-order valence-corrected chi connectivity index (χ1v) is 5.14. The third kappa shape index (κ3) is 2.25. The summed E-state index contributed by atoms with van der Waals surface area (Å²) in [6, 6.07) is 4.95. The lowest BCUT2D eigenvalue weighted by Gasteiger charge is -2.14. The molecule has 1 aliphatic heterocycles. The summed E-state index contributed by atoms with van der Waals surface area (Å²) >= 11 is 0. The number of hydrogen-bond acceptors (Lipinski definition) is 4. The lowest BCUT2D eigenvalue weighted by molar-refractivity contribution is 0.0697. The molecule has 4 N–H and O–H groups in total. The quantitative estimate of drug-likeness (QED) is 0.668. The standard InChI is InChI=1S/C11H14N2O3/c12-9-5-7(11(14)15)1-2-10(9)13-8-3-4-16-6-8/h1-2,5,8,13H,3-4,6,12H2,(H,14,15). The molecule has 86 valence electrons. The Morgan fingerprint density at radius 3 is 2.94 bits per heavy atom. The molecule has 5 nitrogen and oxygen atoms in total. The molecule has 0 spiro atoms. The van der Waals surface area contributed by atoms with Crippen LogP contribution in [-0.4, -0.2) is 30.3 Å². The van der Waals surface area contributed by atoms with Gasteiger partial charge in [0.25, 0.3) is 0 Å². The smallest absolute Gasteiger partial charge is 0.335 e. The van der Waals surface area contributed by atoms with Crippen LogP contribution in [0.25, 0.3) is 0 Å². The molecule has 16 heavy (non-hydrogen) atoms. The van der Waals surface area contributed by atoms with Crippen molar-refractivity contribution in [3.8, 4) is 0 Å². The summed E-state index contributed by atoms with van der Waals surface area (Å²) in [5.41, 5.74) is 7.19. The zero-order valence-electron chi connectivity index (χ0n) is 8.77. The molecular weight excluding hydrogens is 208 g/mol. The minimum atomic E-state index is -0.970. The molecule has 1 aromatic rings. The Kier molecular flexibility index (Phi) is 2.96. The number of nitrogens with one attached hydrogen (secondary N) is 1. The highest BCUT2D eigenvalue weighted by molar-refractivity contribution is 5.90. The minimum absolute atomic E-state index is 0.200. The van der Waals surface area contributed by atoms with Crippen molar-refractivity contribution < 1.29 is 14.6 Å². The van der Waals surface area contributed by atoms with Crippen LogP contribution in [0.1, 0.15) is 16.8 Å². The summed E-state index contributed by atoms with van der Waals surface area (Å²) in [5.74, 6) is -0.970. The molecule has 0 aliphatic carbocycles. The van der Waals surface area contributed by atoms with E-state index in [0.717, 1.165) is 18.7 Å². The molecular formula is C11H14N2O3. The van der Waals surface area contributed by atoms with Crippen molar-refractivity contribution in [1.29, 1.82) is 0 Å². The SMILES string of the molecule is Nc1cc(C(=O)O)ccc1NC1CCOC1. The van der Waals surface area contributed by atoms with Crippen LogP contribution in [0.4, 0.5) is 11.4 Å². The molecule has 1 heterocycles. The number of carboxylic acids is 1. The number of benzene rings is 1. The van der Waals surface area contributed by atoms with E-state index in [1.54, 1.807) is 6.07 Å². The van der Waals surface area contributed by atoms with Gasteiger partial charge in [-0.25, -0.2) is 4.79 Å². The van der Waals surface area contributed by atoms with Crippen molar-refractivity contribution in [2.24, 2.45) is 0 Å². The van der Waals surface area contributed by atoms with Crippen molar-refractivity contribution in [3.05, 3.63) is 23.8 Å². The van der Waals surface area contributed by atoms with Gasteiger partial charge in [0, 0.05) is 6.61 Å². The second-order valence-electron chi connectivity index (χ2n) is 3.81. The highest BCUT2D eigenvalue weighted by Gasteiger charge is 2.16. The summed E-state index contributed by atoms with van der Waals surface area (Å²) in [4.78, 5) is 10.7. The van der Waals surface area contributed by atoms with E-state index >= 15 is 0 Å². The third-order valence-electron chi connectivity index (χ3n) is 2.59. The Morgan fingerprint density at radius 1 is 1.56 bits per heavy atom. The fraction of sp³-hybridized carbons (Fsp3) is 0.364.